The number of carbonyl (C=O) groups is 1. The van der Waals surface area contributed by atoms with E-state index in [0.717, 1.165) is 11.3 Å². The zero-order valence-corrected chi connectivity index (χ0v) is 16.0. The Balaban J connectivity index is 2.10. The van der Waals surface area contributed by atoms with E-state index in [0.29, 0.717) is 5.56 Å². The third kappa shape index (κ3) is 4.31. The van der Waals surface area contributed by atoms with Crippen molar-refractivity contribution in [2.24, 2.45) is 0 Å². The molecule has 0 saturated heterocycles. The predicted molar refractivity (Wildman–Crippen MR) is 98.3 cm³/mol. The summed E-state index contributed by atoms with van der Waals surface area (Å²) in [4.78, 5) is 20.7. The summed E-state index contributed by atoms with van der Waals surface area (Å²) in [7, 11) is 1.41. The zero-order valence-electron chi connectivity index (χ0n) is 14.4. The van der Waals surface area contributed by atoms with Gasteiger partial charge in [-0.2, -0.15) is 8.78 Å². The van der Waals surface area contributed by atoms with Crippen LogP contribution >= 0.6 is 22.9 Å². The van der Waals surface area contributed by atoms with Crippen molar-refractivity contribution < 1.29 is 23.0 Å². The molecule has 0 saturated carbocycles. The average molecular weight is 428 g/mol. The molecule has 0 atom stereocenters. The van der Waals surface area contributed by atoms with E-state index in [9.17, 15) is 13.6 Å². The molecule has 0 unspecified atom stereocenters. The lowest BCUT2D eigenvalue weighted by Crippen LogP contribution is -2.16. The number of rotatable bonds is 6. The number of methoxy groups -OCH3 is 1. The third-order valence-electron chi connectivity index (χ3n) is 3.48. The van der Waals surface area contributed by atoms with Gasteiger partial charge in [0, 0.05) is 18.0 Å². The Bertz CT molecular complexity index is 1020. The number of aromatic nitrogens is 4. The summed E-state index contributed by atoms with van der Waals surface area (Å²) in [6.07, 6.45) is 2.64. The summed E-state index contributed by atoms with van der Waals surface area (Å²) >= 11 is 6.93. The van der Waals surface area contributed by atoms with Crippen molar-refractivity contribution in [3.05, 3.63) is 40.9 Å². The van der Waals surface area contributed by atoms with Crippen LogP contribution in [0.5, 0.6) is 10.9 Å². The number of pyridine rings is 2. The van der Waals surface area contributed by atoms with Crippen molar-refractivity contribution in [1.29, 1.82) is 0 Å². The zero-order chi connectivity index (χ0) is 20.3. The molecule has 0 aliphatic carbocycles. The smallest absolute Gasteiger partial charge is 0.387 e. The molecule has 0 fully saturated rings. The number of hydrogen-bond donors (Lipinski definition) is 1. The first kappa shape index (κ1) is 19.8. The number of ether oxygens (including phenoxy) is 2. The minimum absolute atomic E-state index is 0.0160. The van der Waals surface area contributed by atoms with E-state index in [1.807, 2.05) is 0 Å². The normalized spacial score (nSPS) is 10.8. The van der Waals surface area contributed by atoms with Gasteiger partial charge in [-0.3, -0.25) is 15.1 Å². The van der Waals surface area contributed by atoms with Crippen molar-refractivity contribution in [3.8, 4) is 22.1 Å². The number of hydrogen-bond acceptors (Lipinski definition) is 8. The monoisotopic (exact) mass is 427 g/mol. The Morgan fingerprint density at radius 2 is 2.11 bits per heavy atom. The largest absolute Gasteiger partial charge is 0.472 e. The van der Waals surface area contributed by atoms with Gasteiger partial charge in [-0.25, -0.2) is 4.98 Å². The van der Waals surface area contributed by atoms with E-state index in [2.05, 4.69) is 30.2 Å². The highest BCUT2D eigenvalue weighted by molar-refractivity contribution is 7.17. The predicted octanol–water partition coefficient (Wildman–Crippen LogP) is 3.82. The molecule has 0 aromatic carbocycles. The molecule has 0 bridgehead atoms. The maximum atomic E-state index is 13.0. The van der Waals surface area contributed by atoms with Gasteiger partial charge in [0.15, 0.2) is 5.75 Å². The van der Waals surface area contributed by atoms with Crippen LogP contribution in [-0.2, 0) is 0 Å². The van der Waals surface area contributed by atoms with Crippen molar-refractivity contribution in [2.75, 3.05) is 12.4 Å². The number of aryl methyl sites for hydroxylation is 1. The van der Waals surface area contributed by atoms with Crippen LogP contribution < -0.4 is 14.8 Å². The first-order valence-corrected chi connectivity index (χ1v) is 8.83. The standard InChI is InChI=1S/C16H12ClF2N5O3S/c1-7-12(27-14(18)19)11(8-3-4-20-10(17)5-8)9(6-21-7)13(25)22-15-23-24-16(26-2)28-15/h3-6,14H,1-2H3,(H,22,23,25). The van der Waals surface area contributed by atoms with E-state index in [4.69, 9.17) is 16.3 Å². The molecule has 0 aliphatic heterocycles. The third-order valence-corrected chi connectivity index (χ3v) is 4.49. The van der Waals surface area contributed by atoms with E-state index < -0.39 is 12.5 Å². The number of nitrogens with one attached hydrogen (secondary N) is 1. The van der Waals surface area contributed by atoms with Crippen molar-refractivity contribution in [3.63, 3.8) is 0 Å². The highest BCUT2D eigenvalue weighted by Gasteiger charge is 2.24. The number of carbonyl (C=O) groups excluding carboxylic acids is 1. The van der Waals surface area contributed by atoms with E-state index >= 15 is 0 Å². The van der Waals surface area contributed by atoms with Crippen LogP contribution in [-0.4, -0.2) is 39.8 Å². The summed E-state index contributed by atoms with van der Waals surface area (Å²) in [5.41, 5.74) is 0.627. The second-order valence-electron chi connectivity index (χ2n) is 5.24. The molecule has 3 aromatic heterocycles. The fourth-order valence-electron chi connectivity index (χ4n) is 2.35. The molecule has 146 valence electrons. The lowest BCUT2D eigenvalue weighted by molar-refractivity contribution is -0.0501. The van der Waals surface area contributed by atoms with Gasteiger partial charge in [0.1, 0.15) is 5.15 Å². The molecule has 0 aliphatic rings. The van der Waals surface area contributed by atoms with Crippen molar-refractivity contribution >= 4 is 34.0 Å². The Morgan fingerprint density at radius 1 is 1.32 bits per heavy atom. The first-order valence-electron chi connectivity index (χ1n) is 7.64. The number of amides is 1. The second kappa shape index (κ2) is 8.40. The van der Waals surface area contributed by atoms with Gasteiger partial charge in [-0.15, -0.1) is 5.10 Å². The summed E-state index contributed by atoms with van der Waals surface area (Å²) in [6, 6.07) is 2.95. The van der Waals surface area contributed by atoms with Crippen molar-refractivity contribution in [1.82, 2.24) is 20.2 Å². The van der Waals surface area contributed by atoms with Gasteiger partial charge in [0.2, 0.25) is 5.13 Å². The maximum Gasteiger partial charge on any atom is 0.387 e. The van der Waals surface area contributed by atoms with Crippen LogP contribution in [0.25, 0.3) is 11.1 Å². The molecule has 12 heteroatoms. The van der Waals surface area contributed by atoms with E-state index in [1.54, 1.807) is 0 Å². The molecular formula is C16H12ClF2N5O3S. The minimum atomic E-state index is -3.11. The highest BCUT2D eigenvalue weighted by atomic mass is 35.5. The minimum Gasteiger partial charge on any atom is -0.472 e. The number of halogens is 3. The van der Waals surface area contributed by atoms with E-state index in [-0.39, 0.29) is 38.0 Å². The quantitative estimate of drug-likeness (QED) is 0.597. The van der Waals surface area contributed by atoms with Gasteiger partial charge < -0.3 is 9.47 Å². The van der Waals surface area contributed by atoms with Gasteiger partial charge >= 0.3 is 6.61 Å². The Labute approximate surface area is 166 Å². The molecular weight excluding hydrogens is 416 g/mol. The number of alkyl halides is 2. The lowest BCUT2D eigenvalue weighted by atomic mass is 9.99. The van der Waals surface area contributed by atoms with Crippen LogP contribution in [0.2, 0.25) is 5.15 Å². The molecule has 3 heterocycles. The summed E-state index contributed by atoms with van der Waals surface area (Å²) in [6.45, 7) is -1.62. The lowest BCUT2D eigenvalue weighted by Gasteiger charge is -2.16. The fourth-order valence-corrected chi connectivity index (χ4v) is 3.07. The van der Waals surface area contributed by atoms with Crippen LogP contribution in [0.1, 0.15) is 16.1 Å². The number of nitrogens with zero attached hydrogens (tertiary/aromatic N) is 4. The second-order valence-corrected chi connectivity index (χ2v) is 6.57. The van der Waals surface area contributed by atoms with Gasteiger partial charge in [0.05, 0.1) is 18.4 Å². The van der Waals surface area contributed by atoms with Crippen molar-refractivity contribution in [2.45, 2.75) is 13.5 Å². The molecule has 0 radical (unpaired) electrons. The molecule has 28 heavy (non-hydrogen) atoms. The summed E-state index contributed by atoms with van der Waals surface area (Å²) in [5.74, 6) is -0.881. The van der Waals surface area contributed by atoms with Gasteiger partial charge in [-0.1, -0.05) is 16.7 Å². The highest BCUT2D eigenvalue weighted by Crippen LogP contribution is 2.37. The van der Waals surface area contributed by atoms with Crippen LogP contribution in [0.3, 0.4) is 0 Å². The molecule has 8 nitrogen and oxygen atoms in total. The Hall–Kier alpha value is -2.92. The van der Waals surface area contributed by atoms with E-state index in [1.165, 1.54) is 38.6 Å². The molecule has 3 rings (SSSR count). The van der Waals surface area contributed by atoms with Gasteiger partial charge in [-0.05, 0) is 36.0 Å². The fraction of sp³-hybridized carbons (Fsp3) is 0.188. The Kier molecular flexibility index (Phi) is 5.95. The SMILES string of the molecule is COc1nnc(NC(=O)c2cnc(C)c(OC(F)F)c2-c2ccnc(Cl)c2)s1. The molecule has 1 amide bonds. The molecule has 0 spiro atoms. The average Bonchev–Trinajstić information content (AvgIpc) is 3.10. The molecule has 3 aromatic rings. The van der Waals surface area contributed by atoms with Crippen LogP contribution in [0.4, 0.5) is 13.9 Å². The number of anilines is 1. The Morgan fingerprint density at radius 3 is 2.75 bits per heavy atom. The maximum absolute atomic E-state index is 13.0. The van der Waals surface area contributed by atoms with Crippen LogP contribution in [0.15, 0.2) is 24.5 Å². The van der Waals surface area contributed by atoms with Crippen LogP contribution in [0, 0.1) is 6.92 Å². The summed E-state index contributed by atoms with van der Waals surface area (Å²) < 4.78 is 35.5. The molecule has 1 N–H and O–H groups in total. The van der Waals surface area contributed by atoms with Gasteiger partial charge in [0.25, 0.3) is 11.1 Å². The summed E-state index contributed by atoms with van der Waals surface area (Å²) in [5, 5.41) is 10.5. The first-order chi connectivity index (χ1) is 13.4. The topological polar surface area (TPSA) is 99.1 Å².